The van der Waals surface area contributed by atoms with Crippen molar-refractivity contribution in [1.82, 2.24) is 0 Å². The highest BCUT2D eigenvalue weighted by atomic mass is 19.1. The fourth-order valence-corrected chi connectivity index (χ4v) is 3.52. The number of hydrogen-bond acceptors (Lipinski definition) is 5. The zero-order valence-corrected chi connectivity index (χ0v) is 20.2. The first-order valence-corrected chi connectivity index (χ1v) is 11.2. The van der Waals surface area contributed by atoms with Crippen molar-refractivity contribution in [1.29, 1.82) is 0 Å². The van der Waals surface area contributed by atoms with Gasteiger partial charge in [-0.25, -0.2) is 4.39 Å². The van der Waals surface area contributed by atoms with E-state index >= 15 is 0 Å². The first-order chi connectivity index (χ1) is 14.4. The molecule has 0 fully saturated rings. The quantitative estimate of drug-likeness (QED) is 0.400. The highest BCUT2D eigenvalue weighted by Crippen LogP contribution is 2.27. The van der Waals surface area contributed by atoms with Crippen molar-refractivity contribution in [2.75, 3.05) is 0 Å². The summed E-state index contributed by atoms with van der Waals surface area (Å²) in [6.45, 7) is 15.0. The highest BCUT2D eigenvalue weighted by molar-refractivity contribution is 5.80. The van der Waals surface area contributed by atoms with Gasteiger partial charge in [0.25, 0.3) is 0 Å². The maximum atomic E-state index is 13.6. The fraction of sp³-hybridized carbons (Fsp3) is 0.680. The van der Waals surface area contributed by atoms with E-state index in [0.717, 1.165) is 12.8 Å². The molecule has 1 rings (SSSR count). The van der Waals surface area contributed by atoms with Crippen LogP contribution < -0.4 is 4.74 Å². The molecule has 0 saturated carbocycles. The Kier molecular flexibility index (Phi) is 10.5. The lowest BCUT2D eigenvalue weighted by molar-refractivity contribution is -0.168. The van der Waals surface area contributed by atoms with Gasteiger partial charge in [0.2, 0.25) is 0 Å². The van der Waals surface area contributed by atoms with Gasteiger partial charge in [-0.2, -0.15) is 0 Å². The van der Waals surface area contributed by atoms with Crippen molar-refractivity contribution in [2.45, 2.75) is 92.5 Å². The van der Waals surface area contributed by atoms with Gasteiger partial charge in [0.1, 0.15) is 29.4 Å². The van der Waals surface area contributed by atoms with E-state index in [1.165, 1.54) is 12.1 Å². The molecule has 176 valence electrons. The number of hydrogen-bond donors (Lipinski definition) is 0. The Morgan fingerprint density at radius 1 is 1.06 bits per heavy atom. The van der Waals surface area contributed by atoms with Crippen LogP contribution in [0.5, 0.6) is 5.75 Å². The van der Waals surface area contributed by atoms with Crippen molar-refractivity contribution in [2.24, 2.45) is 17.8 Å². The van der Waals surface area contributed by atoms with Crippen LogP contribution in [0.1, 0.15) is 74.7 Å². The molecule has 0 radical (unpaired) electrons. The number of rotatable bonds is 11. The Morgan fingerprint density at radius 3 is 2.16 bits per heavy atom. The molecule has 0 spiro atoms. The van der Waals surface area contributed by atoms with Crippen LogP contribution in [0.25, 0.3) is 0 Å². The summed E-state index contributed by atoms with van der Waals surface area (Å²) in [5.41, 5.74) is -0.616. The van der Waals surface area contributed by atoms with Crippen molar-refractivity contribution in [3.63, 3.8) is 0 Å². The number of halogens is 1. The van der Waals surface area contributed by atoms with Gasteiger partial charge in [-0.1, -0.05) is 33.8 Å². The van der Waals surface area contributed by atoms with Crippen molar-refractivity contribution < 1.29 is 28.2 Å². The lowest BCUT2D eigenvalue weighted by atomic mass is 9.91. The van der Waals surface area contributed by atoms with E-state index in [4.69, 9.17) is 14.2 Å². The number of esters is 2. The molecule has 3 atom stereocenters. The van der Waals surface area contributed by atoms with Crippen LogP contribution in [-0.2, 0) is 19.1 Å². The fourth-order valence-electron chi connectivity index (χ4n) is 3.52. The second-order valence-corrected chi connectivity index (χ2v) is 9.40. The topological polar surface area (TPSA) is 61.8 Å². The van der Waals surface area contributed by atoms with Crippen molar-refractivity contribution in [3.05, 3.63) is 30.1 Å². The van der Waals surface area contributed by atoms with Gasteiger partial charge >= 0.3 is 11.9 Å². The van der Waals surface area contributed by atoms with Gasteiger partial charge in [-0.3, -0.25) is 9.59 Å². The summed E-state index contributed by atoms with van der Waals surface area (Å²) in [6, 6.07) is 5.95. The highest BCUT2D eigenvalue weighted by Gasteiger charge is 2.34. The van der Waals surface area contributed by atoms with Crippen LogP contribution in [0.3, 0.4) is 0 Å². The lowest BCUT2D eigenvalue weighted by Crippen LogP contribution is -2.41. The smallest absolute Gasteiger partial charge is 0.310 e. The molecule has 0 bridgehead atoms. The van der Waals surface area contributed by atoms with E-state index in [1.54, 1.807) is 39.8 Å². The number of benzene rings is 1. The Balaban J connectivity index is 2.96. The summed E-state index contributed by atoms with van der Waals surface area (Å²) < 4.78 is 30.9. The molecule has 5 nitrogen and oxygen atoms in total. The van der Waals surface area contributed by atoms with Gasteiger partial charge in [-0.05, 0) is 64.5 Å². The van der Waals surface area contributed by atoms with Crippen LogP contribution in [0, 0.1) is 23.6 Å². The monoisotopic (exact) mass is 438 g/mol. The van der Waals surface area contributed by atoms with Crippen LogP contribution in [0.4, 0.5) is 4.39 Å². The van der Waals surface area contributed by atoms with Gasteiger partial charge in [-0.15, -0.1) is 0 Å². The van der Waals surface area contributed by atoms with Gasteiger partial charge in [0.05, 0.1) is 12.3 Å². The molecule has 0 aromatic heterocycles. The van der Waals surface area contributed by atoms with Crippen LogP contribution in [0.15, 0.2) is 24.3 Å². The van der Waals surface area contributed by atoms with Crippen LogP contribution in [-0.4, -0.2) is 29.7 Å². The number of carbonyl (C=O) groups excluding carboxylic acids is 2. The van der Waals surface area contributed by atoms with E-state index in [0.29, 0.717) is 5.75 Å². The molecule has 0 aliphatic rings. The summed E-state index contributed by atoms with van der Waals surface area (Å²) >= 11 is 0. The Bertz CT molecular complexity index is 706. The Hall–Kier alpha value is -2.11. The minimum absolute atomic E-state index is 0.0408. The molecule has 6 heteroatoms. The molecule has 0 N–H and O–H groups in total. The molecule has 1 aromatic carbocycles. The molecule has 0 heterocycles. The largest absolute Gasteiger partial charge is 0.486 e. The van der Waals surface area contributed by atoms with Gasteiger partial charge in [0.15, 0.2) is 0 Å². The van der Waals surface area contributed by atoms with Crippen LogP contribution >= 0.6 is 0 Å². The molecular weight excluding hydrogens is 399 g/mol. The van der Waals surface area contributed by atoms with Crippen molar-refractivity contribution >= 4 is 11.9 Å². The average Bonchev–Trinajstić information content (AvgIpc) is 2.64. The summed E-state index contributed by atoms with van der Waals surface area (Å²) in [6.07, 6.45) is 0.602. The SMILES string of the molecule is CCC(CC)[C@@H](Oc1cccc(F)c1)[C@H](C)OC(=O)[C@@H](CC(=O)OC(C)(C)C)C(C)C. The molecule has 0 aliphatic carbocycles. The van der Waals surface area contributed by atoms with E-state index in [-0.39, 0.29) is 24.1 Å². The van der Waals surface area contributed by atoms with E-state index in [1.807, 2.05) is 27.7 Å². The van der Waals surface area contributed by atoms with E-state index in [2.05, 4.69) is 0 Å². The second-order valence-electron chi connectivity index (χ2n) is 9.40. The zero-order chi connectivity index (χ0) is 23.8. The standard InChI is InChI=1S/C25H39FO5/c1-9-18(10-2)23(30-20-13-11-12-19(26)14-20)17(5)29-24(28)21(16(3)4)15-22(27)31-25(6,7)8/h11-14,16-18,21,23H,9-10,15H2,1-8H3/t17-,21-,23-/m0/s1. The van der Waals surface area contributed by atoms with E-state index in [9.17, 15) is 14.0 Å². The molecule has 0 unspecified atom stereocenters. The predicted octanol–water partition coefficient (Wildman–Crippen LogP) is 5.95. The molecule has 0 saturated heterocycles. The molecular formula is C25H39FO5. The summed E-state index contributed by atoms with van der Waals surface area (Å²) in [5.74, 6) is -1.46. The van der Waals surface area contributed by atoms with Gasteiger partial charge < -0.3 is 14.2 Å². The second kappa shape index (κ2) is 12.1. The normalized spacial score (nSPS) is 14.8. The average molecular weight is 439 g/mol. The molecule has 31 heavy (non-hydrogen) atoms. The number of ether oxygens (including phenoxy) is 3. The third-order valence-corrected chi connectivity index (χ3v) is 5.26. The summed E-state index contributed by atoms with van der Waals surface area (Å²) in [4.78, 5) is 25.2. The number of carbonyl (C=O) groups is 2. The van der Waals surface area contributed by atoms with Crippen LogP contribution in [0.2, 0.25) is 0 Å². The lowest BCUT2D eigenvalue weighted by Gasteiger charge is -2.32. The Labute approximate surface area is 186 Å². The Morgan fingerprint density at radius 2 is 1.68 bits per heavy atom. The zero-order valence-electron chi connectivity index (χ0n) is 20.2. The maximum Gasteiger partial charge on any atom is 0.310 e. The summed E-state index contributed by atoms with van der Waals surface area (Å²) in [7, 11) is 0. The third-order valence-electron chi connectivity index (χ3n) is 5.26. The first kappa shape index (κ1) is 26.9. The molecule has 0 amide bonds. The molecule has 1 aromatic rings. The third kappa shape index (κ3) is 9.28. The molecule has 0 aliphatic heterocycles. The predicted molar refractivity (Wildman–Crippen MR) is 119 cm³/mol. The first-order valence-electron chi connectivity index (χ1n) is 11.2. The summed E-state index contributed by atoms with van der Waals surface area (Å²) in [5, 5.41) is 0. The van der Waals surface area contributed by atoms with Gasteiger partial charge in [0, 0.05) is 6.07 Å². The minimum Gasteiger partial charge on any atom is -0.486 e. The minimum atomic E-state index is -0.617. The maximum absolute atomic E-state index is 13.6. The van der Waals surface area contributed by atoms with E-state index < -0.39 is 35.7 Å². The van der Waals surface area contributed by atoms with Crippen molar-refractivity contribution in [3.8, 4) is 5.75 Å².